The number of hydrogen-bond donors (Lipinski definition) is 3. The van der Waals surface area contributed by atoms with Crippen LogP contribution in [0.5, 0.6) is 5.75 Å². The van der Waals surface area contributed by atoms with Crippen LogP contribution in [0.1, 0.15) is 64.5 Å². The van der Waals surface area contributed by atoms with E-state index in [0.29, 0.717) is 31.7 Å². The molecule has 32 heavy (non-hydrogen) atoms. The Labute approximate surface area is 189 Å². The predicted octanol–water partition coefficient (Wildman–Crippen LogP) is 2.35. The maximum Gasteiger partial charge on any atom is 0.274 e. The molecule has 0 fully saturated rings. The minimum Gasteiger partial charge on any atom is -0.503 e. The van der Waals surface area contributed by atoms with Crippen LogP contribution in [-0.2, 0) is 6.54 Å². The number of nitrogens with one attached hydrogen (secondary N) is 2. The number of nitrogens with zero attached hydrogens (tertiary/aromatic N) is 2. The van der Waals surface area contributed by atoms with E-state index in [9.17, 15) is 23.9 Å². The van der Waals surface area contributed by atoms with Crippen LogP contribution in [0.4, 0.5) is 4.39 Å². The molecule has 2 aliphatic heterocycles. The number of benzene rings is 1. The molecule has 0 radical (unpaired) electrons. The van der Waals surface area contributed by atoms with E-state index in [4.69, 9.17) is 11.6 Å². The van der Waals surface area contributed by atoms with Gasteiger partial charge in [0.15, 0.2) is 11.4 Å². The number of carbonyl (C=O) groups is 2. The van der Waals surface area contributed by atoms with E-state index in [-0.39, 0.29) is 40.5 Å². The highest BCUT2D eigenvalue weighted by atomic mass is 35.5. The lowest BCUT2D eigenvalue weighted by molar-refractivity contribution is 0.0675. The highest BCUT2D eigenvalue weighted by Crippen LogP contribution is 2.42. The third-order valence-electron chi connectivity index (χ3n) is 6.08. The fourth-order valence-corrected chi connectivity index (χ4v) is 4.82. The fourth-order valence-electron chi connectivity index (χ4n) is 4.62. The van der Waals surface area contributed by atoms with Crippen LogP contribution in [0.2, 0.25) is 5.02 Å². The number of amides is 2. The molecule has 0 spiro atoms. The predicted molar refractivity (Wildman–Crippen MR) is 117 cm³/mol. The summed E-state index contributed by atoms with van der Waals surface area (Å²) >= 11 is 5.80. The van der Waals surface area contributed by atoms with Crippen LogP contribution in [0.15, 0.2) is 23.0 Å². The molecule has 10 heteroatoms. The van der Waals surface area contributed by atoms with Crippen molar-refractivity contribution in [2.75, 3.05) is 19.6 Å². The molecule has 2 aromatic rings. The zero-order chi connectivity index (χ0) is 23.2. The standard InChI is InChI=1S/C22H24ClFN4O4/c1-3-25-14-8-12-10-27(4-2)22(32)18-20(30)19(29)15(17(14)28(12)18)21(31)26-9-11-6-5-7-13(23)16(11)24/h5-7,12,14,25,30H,3-4,8-10H2,1-2H3,(H,26,31)/t12-,14-/m1/s1. The number of likely N-dealkylation sites (N-methyl/N-ethyl adjacent to an activating group) is 1. The average molecular weight is 463 g/mol. The van der Waals surface area contributed by atoms with Crippen molar-refractivity contribution in [1.82, 2.24) is 20.1 Å². The molecule has 3 heterocycles. The third-order valence-corrected chi connectivity index (χ3v) is 6.37. The molecule has 0 saturated heterocycles. The lowest BCUT2D eigenvalue weighted by atomic mass is 10.0. The molecule has 4 rings (SSSR count). The Balaban J connectivity index is 1.79. The highest BCUT2D eigenvalue weighted by Gasteiger charge is 2.44. The second-order valence-corrected chi connectivity index (χ2v) is 8.30. The fraction of sp³-hybridized carbons (Fsp3) is 0.409. The summed E-state index contributed by atoms with van der Waals surface area (Å²) in [6.45, 7) is 5.00. The summed E-state index contributed by atoms with van der Waals surface area (Å²) in [5.41, 5.74) is -0.687. The molecule has 0 saturated carbocycles. The molecule has 0 unspecified atom stereocenters. The van der Waals surface area contributed by atoms with Crippen LogP contribution in [0, 0.1) is 5.82 Å². The van der Waals surface area contributed by atoms with Gasteiger partial charge in [-0.05, 0) is 26.0 Å². The smallest absolute Gasteiger partial charge is 0.274 e. The molecular weight excluding hydrogens is 439 g/mol. The normalized spacial score (nSPS) is 19.2. The summed E-state index contributed by atoms with van der Waals surface area (Å²) in [6.07, 6.45) is 0.566. The Morgan fingerprint density at radius 3 is 2.75 bits per heavy atom. The van der Waals surface area contributed by atoms with Crippen molar-refractivity contribution in [2.24, 2.45) is 0 Å². The van der Waals surface area contributed by atoms with Gasteiger partial charge in [-0.15, -0.1) is 0 Å². The molecule has 0 aliphatic carbocycles. The molecule has 2 amide bonds. The van der Waals surface area contributed by atoms with Crippen molar-refractivity contribution in [3.63, 3.8) is 0 Å². The topological polar surface area (TPSA) is 104 Å². The molecule has 1 aromatic heterocycles. The van der Waals surface area contributed by atoms with E-state index in [1.54, 1.807) is 15.5 Å². The van der Waals surface area contributed by atoms with E-state index < -0.39 is 28.8 Å². The third kappa shape index (κ3) is 3.45. The van der Waals surface area contributed by atoms with E-state index in [1.807, 2.05) is 13.8 Å². The first-order chi connectivity index (χ1) is 15.3. The van der Waals surface area contributed by atoms with Crippen LogP contribution >= 0.6 is 11.6 Å². The van der Waals surface area contributed by atoms with Gasteiger partial charge in [-0.1, -0.05) is 30.7 Å². The van der Waals surface area contributed by atoms with Crippen molar-refractivity contribution in [3.8, 4) is 5.75 Å². The summed E-state index contributed by atoms with van der Waals surface area (Å²) < 4.78 is 15.8. The summed E-state index contributed by atoms with van der Waals surface area (Å²) in [6, 6.07) is 3.92. The van der Waals surface area contributed by atoms with Crippen molar-refractivity contribution in [1.29, 1.82) is 0 Å². The Kier molecular flexibility index (Phi) is 5.96. The average Bonchev–Trinajstić information content (AvgIpc) is 3.11. The summed E-state index contributed by atoms with van der Waals surface area (Å²) in [7, 11) is 0. The molecular formula is C22H24ClFN4O4. The van der Waals surface area contributed by atoms with Crippen LogP contribution in [0.3, 0.4) is 0 Å². The summed E-state index contributed by atoms with van der Waals surface area (Å²) in [5, 5.41) is 16.4. The van der Waals surface area contributed by atoms with Gasteiger partial charge in [-0.2, -0.15) is 0 Å². The molecule has 8 nitrogen and oxygen atoms in total. The van der Waals surface area contributed by atoms with Crippen LogP contribution < -0.4 is 16.1 Å². The molecule has 2 aliphatic rings. The van der Waals surface area contributed by atoms with E-state index in [1.165, 1.54) is 12.1 Å². The van der Waals surface area contributed by atoms with Crippen molar-refractivity contribution in [2.45, 2.75) is 38.9 Å². The van der Waals surface area contributed by atoms with Gasteiger partial charge in [0.25, 0.3) is 11.8 Å². The second-order valence-electron chi connectivity index (χ2n) is 7.90. The maximum absolute atomic E-state index is 14.2. The van der Waals surface area contributed by atoms with Gasteiger partial charge in [0.05, 0.1) is 22.8 Å². The number of hydrogen-bond acceptors (Lipinski definition) is 5. The Morgan fingerprint density at radius 2 is 2.06 bits per heavy atom. The molecule has 2 atom stereocenters. The molecule has 3 N–H and O–H groups in total. The first-order valence-corrected chi connectivity index (χ1v) is 10.9. The van der Waals surface area contributed by atoms with E-state index >= 15 is 0 Å². The second kappa shape index (κ2) is 8.55. The number of carbonyl (C=O) groups excluding carboxylic acids is 2. The largest absolute Gasteiger partial charge is 0.503 e. The van der Waals surface area contributed by atoms with Gasteiger partial charge in [0.1, 0.15) is 11.4 Å². The van der Waals surface area contributed by atoms with E-state index in [0.717, 1.165) is 0 Å². The van der Waals surface area contributed by atoms with Crippen molar-refractivity contribution >= 4 is 23.4 Å². The minimum absolute atomic E-state index is 0.0732. The molecule has 0 bridgehead atoms. The van der Waals surface area contributed by atoms with Gasteiger partial charge in [0, 0.05) is 25.2 Å². The van der Waals surface area contributed by atoms with Gasteiger partial charge < -0.3 is 25.2 Å². The highest BCUT2D eigenvalue weighted by molar-refractivity contribution is 6.30. The number of aromatic nitrogens is 1. The van der Waals surface area contributed by atoms with Gasteiger partial charge in [0.2, 0.25) is 5.43 Å². The van der Waals surface area contributed by atoms with Gasteiger partial charge in [-0.25, -0.2) is 4.39 Å². The zero-order valence-electron chi connectivity index (χ0n) is 17.7. The van der Waals surface area contributed by atoms with Gasteiger partial charge >= 0.3 is 0 Å². The van der Waals surface area contributed by atoms with Crippen LogP contribution in [0.25, 0.3) is 0 Å². The monoisotopic (exact) mass is 462 g/mol. The van der Waals surface area contributed by atoms with Crippen LogP contribution in [-0.4, -0.2) is 46.0 Å². The summed E-state index contributed by atoms with van der Waals surface area (Å²) in [4.78, 5) is 40.7. The number of aromatic hydroxyl groups is 1. The first kappa shape index (κ1) is 22.3. The zero-order valence-corrected chi connectivity index (χ0v) is 18.5. The van der Waals surface area contributed by atoms with E-state index in [2.05, 4.69) is 10.6 Å². The lowest BCUT2D eigenvalue weighted by Crippen LogP contribution is -2.44. The quantitative estimate of drug-likeness (QED) is 0.611. The number of rotatable bonds is 6. The first-order valence-electron chi connectivity index (χ1n) is 10.5. The van der Waals surface area contributed by atoms with Gasteiger partial charge in [-0.3, -0.25) is 14.4 Å². The number of pyridine rings is 1. The maximum atomic E-state index is 14.2. The summed E-state index contributed by atoms with van der Waals surface area (Å²) in [5.74, 6) is -2.58. The minimum atomic E-state index is -0.912. The number of halogens is 2. The molecule has 1 aromatic carbocycles. The Bertz CT molecular complexity index is 1170. The Morgan fingerprint density at radius 1 is 1.31 bits per heavy atom. The van der Waals surface area contributed by atoms with Crippen molar-refractivity contribution < 1.29 is 19.1 Å². The lowest BCUT2D eigenvalue weighted by Gasteiger charge is -2.33. The Hall–Kier alpha value is -2.91. The molecule has 170 valence electrons. The van der Waals surface area contributed by atoms with Crippen molar-refractivity contribution in [3.05, 3.63) is 61.8 Å². The SMILES string of the molecule is CCN[C@@H]1C[C@@H]2CN(CC)C(=O)c3c(O)c(=O)c(C(=O)NCc4cccc(Cl)c4F)c1n32.